The summed E-state index contributed by atoms with van der Waals surface area (Å²) in [7, 11) is 0. The van der Waals surface area contributed by atoms with Crippen LogP contribution < -0.4 is 5.32 Å². The first-order chi connectivity index (χ1) is 8.76. The molecule has 0 aromatic heterocycles. The largest absolute Gasteiger partial charge is 0.383 e. The minimum absolute atomic E-state index is 0.0253. The molecule has 0 aromatic rings. The zero-order chi connectivity index (χ0) is 14.7. The van der Waals surface area contributed by atoms with Gasteiger partial charge >= 0.3 is 12.3 Å². The van der Waals surface area contributed by atoms with Gasteiger partial charge < -0.3 is 10.1 Å². The van der Waals surface area contributed by atoms with Gasteiger partial charge in [-0.25, -0.2) is 8.78 Å². The number of alkyl halides is 5. The van der Waals surface area contributed by atoms with E-state index in [1.165, 1.54) is 0 Å². The molecule has 1 N–H and O–H groups in total. The Bertz CT molecular complexity index is 359. The van der Waals surface area contributed by atoms with E-state index in [-0.39, 0.29) is 31.4 Å². The van der Waals surface area contributed by atoms with E-state index in [4.69, 9.17) is 4.74 Å². The summed E-state index contributed by atoms with van der Waals surface area (Å²) in [6.07, 6.45) is -4.17. The van der Waals surface area contributed by atoms with Gasteiger partial charge in [0.25, 0.3) is 5.91 Å². The Kier molecular flexibility index (Phi) is 5.31. The SMILES string of the molecule is O=C(CBr)C1(NC(=O)C(F)(F)C(F)F)CCOCC1. The Hall–Kier alpha value is -0.700. The Labute approximate surface area is 115 Å². The normalized spacial score (nSPS) is 19.3. The molecule has 9 heteroatoms. The third-order valence-corrected chi connectivity index (χ3v) is 3.44. The lowest BCUT2D eigenvalue weighted by Crippen LogP contribution is -2.62. The summed E-state index contributed by atoms with van der Waals surface area (Å²) in [6, 6.07) is 0. The van der Waals surface area contributed by atoms with Crippen LogP contribution in [0, 0.1) is 0 Å². The summed E-state index contributed by atoms with van der Waals surface area (Å²) in [4.78, 5) is 23.0. The van der Waals surface area contributed by atoms with Crippen LogP contribution in [0.2, 0.25) is 0 Å². The molecule has 0 unspecified atom stereocenters. The molecule has 0 aromatic carbocycles. The van der Waals surface area contributed by atoms with Crippen LogP contribution in [0.25, 0.3) is 0 Å². The van der Waals surface area contributed by atoms with Gasteiger partial charge in [0, 0.05) is 26.1 Å². The molecule has 110 valence electrons. The Morgan fingerprint density at radius 2 is 1.84 bits per heavy atom. The predicted molar refractivity (Wildman–Crippen MR) is 60.7 cm³/mol. The average Bonchev–Trinajstić information content (AvgIpc) is 2.38. The lowest BCUT2D eigenvalue weighted by atomic mass is 9.86. The summed E-state index contributed by atoms with van der Waals surface area (Å²) < 4.78 is 55.0. The molecule has 0 aliphatic carbocycles. The van der Waals surface area contributed by atoms with Gasteiger partial charge in [-0.1, -0.05) is 15.9 Å². The second-order valence-corrected chi connectivity index (χ2v) is 4.69. The minimum Gasteiger partial charge on any atom is -0.381 e. The van der Waals surface area contributed by atoms with E-state index in [1.54, 1.807) is 5.32 Å². The molecule has 1 saturated heterocycles. The van der Waals surface area contributed by atoms with E-state index in [9.17, 15) is 27.2 Å². The Morgan fingerprint density at radius 1 is 1.32 bits per heavy atom. The second-order valence-electron chi connectivity index (χ2n) is 4.13. The van der Waals surface area contributed by atoms with Crippen LogP contribution in [0.3, 0.4) is 0 Å². The number of carbonyl (C=O) groups excluding carboxylic acids is 2. The maximum absolute atomic E-state index is 12.9. The minimum atomic E-state index is -4.82. The number of Topliss-reactive ketones (excluding diaryl/α,β-unsaturated/α-hetero) is 1. The average molecular weight is 350 g/mol. The number of carbonyl (C=O) groups is 2. The van der Waals surface area contributed by atoms with Gasteiger partial charge in [0.15, 0.2) is 5.78 Å². The van der Waals surface area contributed by atoms with Gasteiger partial charge in [-0.3, -0.25) is 9.59 Å². The van der Waals surface area contributed by atoms with E-state index in [0.717, 1.165) is 0 Å². The summed E-state index contributed by atoms with van der Waals surface area (Å²) in [6.45, 7) is 0.165. The smallest absolute Gasteiger partial charge is 0.381 e. The third kappa shape index (κ3) is 3.44. The highest BCUT2D eigenvalue weighted by molar-refractivity contribution is 9.09. The molecule has 1 amide bonds. The first-order valence-electron chi connectivity index (χ1n) is 5.42. The fraction of sp³-hybridized carbons (Fsp3) is 0.800. The summed E-state index contributed by atoms with van der Waals surface area (Å²) in [5.74, 6) is -7.51. The number of amides is 1. The number of nitrogens with one attached hydrogen (secondary N) is 1. The van der Waals surface area contributed by atoms with Crippen molar-refractivity contribution < 1.29 is 31.9 Å². The van der Waals surface area contributed by atoms with Crippen LogP contribution in [-0.2, 0) is 14.3 Å². The van der Waals surface area contributed by atoms with Gasteiger partial charge in [0.05, 0.1) is 5.33 Å². The topological polar surface area (TPSA) is 55.4 Å². The molecule has 0 bridgehead atoms. The van der Waals surface area contributed by atoms with Crippen molar-refractivity contribution in [3.8, 4) is 0 Å². The van der Waals surface area contributed by atoms with Crippen molar-refractivity contribution in [2.45, 2.75) is 30.7 Å². The number of hydrogen-bond donors (Lipinski definition) is 1. The zero-order valence-corrected chi connectivity index (χ0v) is 11.3. The molecule has 1 aliphatic rings. The monoisotopic (exact) mass is 349 g/mol. The van der Waals surface area contributed by atoms with Gasteiger partial charge in [-0.05, 0) is 0 Å². The second kappa shape index (κ2) is 6.17. The quantitative estimate of drug-likeness (QED) is 0.604. The van der Waals surface area contributed by atoms with Gasteiger partial charge in [-0.2, -0.15) is 8.78 Å². The highest BCUT2D eigenvalue weighted by Crippen LogP contribution is 2.28. The van der Waals surface area contributed by atoms with Crippen LogP contribution in [0.5, 0.6) is 0 Å². The van der Waals surface area contributed by atoms with Crippen molar-refractivity contribution in [2.24, 2.45) is 0 Å². The molecule has 1 rings (SSSR count). The number of ketones is 1. The highest BCUT2D eigenvalue weighted by Gasteiger charge is 2.52. The molecule has 1 heterocycles. The van der Waals surface area contributed by atoms with E-state index in [0.29, 0.717) is 0 Å². The number of hydrogen-bond acceptors (Lipinski definition) is 3. The highest BCUT2D eigenvalue weighted by atomic mass is 79.9. The number of halogens is 5. The molecule has 0 radical (unpaired) electrons. The summed E-state index contributed by atoms with van der Waals surface area (Å²) in [5.41, 5.74) is -1.57. The Morgan fingerprint density at radius 3 is 2.26 bits per heavy atom. The van der Waals surface area contributed by atoms with Crippen LogP contribution in [0.1, 0.15) is 12.8 Å². The predicted octanol–water partition coefficient (Wildman–Crippen LogP) is 1.52. The fourth-order valence-electron chi connectivity index (χ4n) is 1.72. The van der Waals surface area contributed by atoms with Crippen LogP contribution in [0.4, 0.5) is 17.6 Å². The van der Waals surface area contributed by atoms with Crippen molar-refractivity contribution in [1.29, 1.82) is 0 Å². The summed E-state index contributed by atoms with van der Waals surface area (Å²) in [5, 5.41) is 1.60. The van der Waals surface area contributed by atoms with Gasteiger partial charge in [-0.15, -0.1) is 0 Å². The van der Waals surface area contributed by atoms with E-state index < -0.39 is 29.6 Å². The maximum atomic E-state index is 12.9. The van der Waals surface area contributed by atoms with Crippen molar-refractivity contribution in [2.75, 3.05) is 18.5 Å². The Balaban J connectivity index is 2.90. The van der Waals surface area contributed by atoms with Crippen molar-refractivity contribution in [1.82, 2.24) is 5.32 Å². The summed E-state index contributed by atoms with van der Waals surface area (Å²) >= 11 is 2.88. The van der Waals surface area contributed by atoms with Crippen molar-refractivity contribution in [3.63, 3.8) is 0 Å². The van der Waals surface area contributed by atoms with Gasteiger partial charge in [0.1, 0.15) is 5.54 Å². The molecular formula is C10H12BrF4NO3. The zero-order valence-electron chi connectivity index (χ0n) is 9.73. The first kappa shape index (κ1) is 16.4. The van der Waals surface area contributed by atoms with Crippen LogP contribution >= 0.6 is 15.9 Å². The lowest BCUT2D eigenvalue weighted by Gasteiger charge is -2.37. The molecular weight excluding hydrogens is 338 g/mol. The van der Waals surface area contributed by atoms with Crippen molar-refractivity contribution in [3.05, 3.63) is 0 Å². The van der Waals surface area contributed by atoms with Gasteiger partial charge in [0.2, 0.25) is 0 Å². The van der Waals surface area contributed by atoms with Crippen LogP contribution in [-0.4, -0.2) is 48.1 Å². The van der Waals surface area contributed by atoms with Crippen molar-refractivity contribution >= 4 is 27.6 Å². The van der Waals surface area contributed by atoms with Crippen LogP contribution in [0.15, 0.2) is 0 Å². The molecule has 19 heavy (non-hydrogen) atoms. The first-order valence-corrected chi connectivity index (χ1v) is 6.54. The van der Waals surface area contributed by atoms with E-state index in [2.05, 4.69) is 15.9 Å². The number of ether oxygens (including phenoxy) is 1. The molecule has 4 nitrogen and oxygen atoms in total. The molecule has 0 spiro atoms. The molecule has 1 aliphatic heterocycles. The van der Waals surface area contributed by atoms with E-state index in [1.807, 2.05) is 0 Å². The van der Waals surface area contributed by atoms with E-state index >= 15 is 0 Å². The lowest BCUT2D eigenvalue weighted by molar-refractivity contribution is -0.173. The molecule has 0 atom stereocenters. The fourth-order valence-corrected chi connectivity index (χ4v) is 2.26. The third-order valence-electron chi connectivity index (χ3n) is 2.93. The molecule has 1 fully saturated rings. The standard InChI is InChI=1S/C10H12BrF4NO3/c11-5-6(17)9(1-3-19-4-2-9)16-8(18)10(14,15)7(12)13/h7H,1-5H2,(H,16,18). The maximum Gasteiger partial charge on any atom is 0.383 e. The molecule has 0 saturated carbocycles. The number of rotatable bonds is 5.